The summed E-state index contributed by atoms with van der Waals surface area (Å²) in [5.41, 5.74) is 0.346. The molecule has 0 fully saturated rings. The van der Waals surface area contributed by atoms with E-state index in [0.29, 0.717) is 17.2 Å². The molecule has 2 aromatic carbocycles. The van der Waals surface area contributed by atoms with Gasteiger partial charge in [-0.15, -0.1) is 0 Å². The van der Waals surface area contributed by atoms with E-state index in [0.717, 1.165) is 6.07 Å². The van der Waals surface area contributed by atoms with Crippen LogP contribution in [-0.4, -0.2) is 45.0 Å². The predicted molar refractivity (Wildman–Crippen MR) is 106 cm³/mol. The highest BCUT2D eigenvalue weighted by atomic mass is 32.2. The number of nitro benzene ring substituents is 1. The van der Waals surface area contributed by atoms with Gasteiger partial charge in [0, 0.05) is 30.9 Å². The number of anilines is 2. The lowest BCUT2D eigenvalue weighted by atomic mass is 10.2. The summed E-state index contributed by atoms with van der Waals surface area (Å²) in [7, 11) is -0.814. The Morgan fingerprint density at radius 2 is 1.68 bits per heavy atom. The van der Waals surface area contributed by atoms with Gasteiger partial charge in [-0.05, 0) is 24.3 Å². The number of nitrogens with zero attached hydrogens (tertiary/aromatic N) is 2. The first-order valence-corrected chi connectivity index (χ1v) is 10.00. The Balaban J connectivity index is 2.46. The van der Waals surface area contributed by atoms with Crippen molar-refractivity contribution >= 4 is 27.1 Å². The Morgan fingerprint density at radius 1 is 1.04 bits per heavy atom. The second-order valence-corrected chi connectivity index (χ2v) is 7.66. The van der Waals surface area contributed by atoms with Crippen LogP contribution in [0.25, 0.3) is 0 Å². The SMILES string of the molecule is CCN(CC)S(=O)(=O)c1ccc(Nc2ccc(OC)c(OC)c2)c([N+](=O)[O-])c1. The molecule has 28 heavy (non-hydrogen) atoms. The fraction of sp³-hybridized carbons (Fsp3) is 0.333. The van der Waals surface area contributed by atoms with Crippen LogP contribution in [0.1, 0.15) is 13.8 Å². The molecular weight excluding hydrogens is 386 g/mol. The second kappa shape index (κ2) is 8.89. The van der Waals surface area contributed by atoms with Gasteiger partial charge in [0.25, 0.3) is 5.69 Å². The molecule has 9 nitrogen and oxygen atoms in total. The lowest BCUT2D eigenvalue weighted by Gasteiger charge is -2.18. The lowest BCUT2D eigenvalue weighted by Crippen LogP contribution is -2.30. The molecule has 0 spiro atoms. The minimum absolute atomic E-state index is 0.124. The third kappa shape index (κ3) is 4.34. The van der Waals surface area contributed by atoms with E-state index in [1.807, 2.05) is 0 Å². The molecule has 0 aliphatic rings. The van der Waals surface area contributed by atoms with Gasteiger partial charge < -0.3 is 14.8 Å². The lowest BCUT2D eigenvalue weighted by molar-refractivity contribution is -0.384. The summed E-state index contributed by atoms with van der Waals surface area (Å²) in [6.45, 7) is 3.97. The van der Waals surface area contributed by atoms with Crippen molar-refractivity contribution in [1.82, 2.24) is 4.31 Å². The summed E-state index contributed by atoms with van der Waals surface area (Å²) in [5, 5.41) is 14.5. The summed E-state index contributed by atoms with van der Waals surface area (Å²) >= 11 is 0. The van der Waals surface area contributed by atoms with E-state index in [4.69, 9.17) is 9.47 Å². The van der Waals surface area contributed by atoms with Crippen molar-refractivity contribution in [2.24, 2.45) is 0 Å². The molecule has 1 N–H and O–H groups in total. The summed E-state index contributed by atoms with van der Waals surface area (Å²) in [6, 6.07) is 8.76. The molecule has 2 rings (SSSR count). The standard InChI is InChI=1S/C18H23N3O6S/c1-5-20(6-2)28(24,25)14-8-9-15(16(12-14)21(22)23)19-13-7-10-17(26-3)18(11-13)27-4/h7-12,19H,5-6H2,1-4H3. The molecular formula is C18H23N3O6S. The molecule has 0 bridgehead atoms. The van der Waals surface area contributed by atoms with Crippen molar-refractivity contribution in [2.75, 3.05) is 32.6 Å². The van der Waals surface area contributed by atoms with Crippen molar-refractivity contribution < 1.29 is 22.8 Å². The van der Waals surface area contributed by atoms with Crippen molar-refractivity contribution in [3.8, 4) is 11.5 Å². The van der Waals surface area contributed by atoms with Gasteiger partial charge in [0.2, 0.25) is 10.0 Å². The molecule has 0 saturated heterocycles. The zero-order chi connectivity index (χ0) is 20.9. The molecule has 0 unspecified atom stereocenters. The van der Waals surface area contributed by atoms with E-state index < -0.39 is 14.9 Å². The highest BCUT2D eigenvalue weighted by Gasteiger charge is 2.25. The normalized spacial score (nSPS) is 11.3. The van der Waals surface area contributed by atoms with Crippen LogP contribution >= 0.6 is 0 Å². The minimum atomic E-state index is -3.80. The zero-order valence-corrected chi connectivity index (χ0v) is 16.9. The molecule has 0 amide bonds. The van der Waals surface area contributed by atoms with Crippen molar-refractivity contribution in [3.05, 3.63) is 46.5 Å². The molecule has 0 saturated carbocycles. The van der Waals surface area contributed by atoms with Gasteiger partial charge in [0.05, 0.1) is 24.0 Å². The Kier molecular flexibility index (Phi) is 6.81. The van der Waals surface area contributed by atoms with Gasteiger partial charge in [-0.1, -0.05) is 13.8 Å². The van der Waals surface area contributed by atoms with Crippen LogP contribution in [0.2, 0.25) is 0 Å². The quantitative estimate of drug-likeness (QED) is 0.499. The van der Waals surface area contributed by atoms with Crippen LogP contribution in [0, 0.1) is 10.1 Å². The molecule has 0 aliphatic heterocycles. The monoisotopic (exact) mass is 409 g/mol. The molecule has 0 atom stereocenters. The Hall–Kier alpha value is -2.85. The molecule has 0 heterocycles. The maximum Gasteiger partial charge on any atom is 0.294 e. The molecule has 152 valence electrons. The summed E-state index contributed by atoms with van der Waals surface area (Å²) in [4.78, 5) is 10.8. The van der Waals surface area contributed by atoms with Crippen LogP contribution in [0.5, 0.6) is 11.5 Å². The van der Waals surface area contributed by atoms with E-state index in [1.54, 1.807) is 32.0 Å². The number of nitro groups is 1. The van der Waals surface area contributed by atoms with Gasteiger partial charge in [0.15, 0.2) is 11.5 Å². The zero-order valence-electron chi connectivity index (χ0n) is 16.1. The van der Waals surface area contributed by atoms with E-state index in [9.17, 15) is 18.5 Å². The van der Waals surface area contributed by atoms with Gasteiger partial charge >= 0.3 is 0 Å². The van der Waals surface area contributed by atoms with Crippen LogP contribution in [0.15, 0.2) is 41.3 Å². The third-order valence-corrected chi connectivity index (χ3v) is 6.22. The van der Waals surface area contributed by atoms with Gasteiger partial charge in [-0.3, -0.25) is 10.1 Å². The minimum Gasteiger partial charge on any atom is -0.493 e. The van der Waals surface area contributed by atoms with Crippen LogP contribution < -0.4 is 14.8 Å². The van der Waals surface area contributed by atoms with E-state index in [2.05, 4.69) is 5.32 Å². The van der Waals surface area contributed by atoms with Crippen molar-refractivity contribution in [1.29, 1.82) is 0 Å². The van der Waals surface area contributed by atoms with Gasteiger partial charge in [-0.2, -0.15) is 4.31 Å². The smallest absolute Gasteiger partial charge is 0.294 e. The maximum atomic E-state index is 12.6. The molecule has 2 aromatic rings. The van der Waals surface area contributed by atoms with Gasteiger partial charge in [0.1, 0.15) is 5.69 Å². The number of ether oxygens (including phenoxy) is 2. The maximum absolute atomic E-state index is 12.6. The van der Waals surface area contributed by atoms with Crippen molar-refractivity contribution in [3.63, 3.8) is 0 Å². The topological polar surface area (TPSA) is 111 Å². The number of sulfonamides is 1. The highest BCUT2D eigenvalue weighted by Crippen LogP contribution is 2.34. The van der Waals surface area contributed by atoms with Crippen LogP contribution in [-0.2, 0) is 10.0 Å². The second-order valence-electron chi connectivity index (χ2n) is 5.72. The van der Waals surface area contributed by atoms with E-state index >= 15 is 0 Å². The summed E-state index contributed by atoms with van der Waals surface area (Å²) in [6.07, 6.45) is 0. The first-order chi connectivity index (χ1) is 13.3. The average molecular weight is 409 g/mol. The van der Waals surface area contributed by atoms with Crippen molar-refractivity contribution in [2.45, 2.75) is 18.7 Å². The molecule has 0 aromatic heterocycles. The predicted octanol–water partition coefficient (Wildman–Crippen LogP) is 3.39. The Bertz CT molecular complexity index is 958. The average Bonchev–Trinajstić information content (AvgIpc) is 2.68. The Morgan fingerprint density at radius 3 is 2.21 bits per heavy atom. The molecule has 0 aliphatic carbocycles. The number of hydrogen-bond acceptors (Lipinski definition) is 7. The summed E-state index contributed by atoms with van der Waals surface area (Å²) in [5.74, 6) is 0.971. The number of hydrogen-bond donors (Lipinski definition) is 1. The van der Waals surface area contributed by atoms with E-state index in [-0.39, 0.29) is 29.4 Å². The first kappa shape index (κ1) is 21.5. The summed E-state index contributed by atoms with van der Waals surface area (Å²) < 4.78 is 36.9. The van der Waals surface area contributed by atoms with E-state index in [1.165, 1.54) is 30.7 Å². The van der Waals surface area contributed by atoms with Crippen LogP contribution in [0.3, 0.4) is 0 Å². The third-order valence-electron chi connectivity index (χ3n) is 4.17. The molecule has 10 heteroatoms. The number of nitrogens with one attached hydrogen (secondary N) is 1. The van der Waals surface area contributed by atoms with Crippen LogP contribution in [0.4, 0.5) is 17.1 Å². The highest BCUT2D eigenvalue weighted by molar-refractivity contribution is 7.89. The largest absolute Gasteiger partial charge is 0.493 e. The molecule has 0 radical (unpaired) electrons. The van der Waals surface area contributed by atoms with Gasteiger partial charge in [-0.25, -0.2) is 8.42 Å². The number of benzene rings is 2. The fourth-order valence-electron chi connectivity index (χ4n) is 2.71. The first-order valence-electron chi connectivity index (χ1n) is 8.56. The number of methoxy groups -OCH3 is 2. The Labute approximate surface area is 164 Å². The number of rotatable bonds is 9. The fourth-order valence-corrected chi connectivity index (χ4v) is 4.19.